The molecule has 0 aliphatic heterocycles. The molecule has 1 unspecified atom stereocenters. The second-order valence-corrected chi connectivity index (χ2v) is 7.37. The normalized spacial score (nSPS) is 11.5. The maximum atomic E-state index is 12.6. The van der Waals surface area contributed by atoms with E-state index >= 15 is 0 Å². The summed E-state index contributed by atoms with van der Waals surface area (Å²) in [7, 11) is 0. The van der Waals surface area contributed by atoms with Crippen molar-refractivity contribution in [3.05, 3.63) is 93.8 Å². The van der Waals surface area contributed by atoms with Crippen LogP contribution in [0.3, 0.4) is 0 Å². The highest BCUT2D eigenvalue weighted by Crippen LogP contribution is 2.28. The molecule has 0 radical (unpaired) electrons. The molecule has 1 amide bonds. The van der Waals surface area contributed by atoms with Crippen molar-refractivity contribution in [2.45, 2.75) is 24.5 Å². The zero-order valence-electron chi connectivity index (χ0n) is 16.6. The first-order chi connectivity index (χ1) is 14.5. The Hall–Kier alpha value is -3.39. The lowest BCUT2D eigenvalue weighted by atomic mass is 10.1. The number of nitro groups is 1. The molecule has 1 aromatic heterocycles. The van der Waals surface area contributed by atoms with Gasteiger partial charge in [0.2, 0.25) is 0 Å². The number of hydrogen-bond donors (Lipinski definition) is 1. The molecule has 30 heavy (non-hydrogen) atoms. The zero-order chi connectivity index (χ0) is 21.5. The van der Waals surface area contributed by atoms with Crippen LogP contribution in [-0.2, 0) is 6.61 Å². The number of nitro benzene ring substituents is 1. The molecular formula is C22H21N3O4S. The predicted molar refractivity (Wildman–Crippen MR) is 116 cm³/mol. The Labute approximate surface area is 178 Å². The number of aromatic nitrogens is 1. The minimum absolute atomic E-state index is 0.0762. The number of amides is 1. The van der Waals surface area contributed by atoms with E-state index in [9.17, 15) is 14.9 Å². The smallest absolute Gasteiger partial charge is 0.283 e. The fraction of sp³-hybridized carbons (Fsp3) is 0.182. The van der Waals surface area contributed by atoms with E-state index < -0.39 is 4.92 Å². The van der Waals surface area contributed by atoms with E-state index in [4.69, 9.17) is 4.74 Å². The van der Waals surface area contributed by atoms with Crippen molar-refractivity contribution in [3.63, 3.8) is 0 Å². The number of nitrogens with zero attached hydrogens (tertiary/aromatic N) is 2. The minimum atomic E-state index is -0.478. The van der Waals surface area contributed by atoms with Gasteiger partial charge >= 0.3 is 0 Å². The first-order valence-electron chi connectivity index (χ1n) is 9.24. The number of carbonyl (C=O) groups excluding carboxylic acids is 1. The summed E-state index contributed by atoms with van der Waals surface area (Å²) in [5, 5.41) is 14.1. The highest BCUT2D eigenvalue weighted by molar-refractivity contribution is 7.98. The number of carbonyl (C=O) groups is 1. The summed E-state index contributed by atoms with van der Waals surface area (Å²) in [6, 6.07) is 17.2. The van der Waals surface area contributed by atoms with Crippen molar-refractivity contribution in [1.29, 1.82) is 0 Å². The number of nitrogens with one attached hydrogen (secondary N) is 1. The number of rotatable bonds is 8. The molecule has 0 aliphatic carbocycles. The van der Waals surface area contributed by atoms with Gasteiger partial charge in [0.15, 0.2) is 0 Å². The van der Waals surface area contributed by atoms with E-state index in [1.165, 1.54) is 17.8 Å². The second kappa shape index (κ2) is 9.89. The van der Waals surface area contributed by atoms with E-state index in [1.54, 1.807) is 24.6 Å². The quantitative estimate of drug-likeness (QED) is 0.318. The molecule has 7 nitrogen and oxygen atoms in total. The molecule has 8 heteroatoms. The summed E-state index contributed by atoms with van der Waals surface area (Å²) < 4.78 is 5.79. The Balaban J connectivity index is 1.68. The third kappa shape index (κ3) is 5.36. The molecule has 0 bridgehead atoms. The first kappa shape index (κ1) is 21.3. The maximum absolute atomic E-state index is 12.6. The van der Waals surface area contributed by atoms with Crippen LogP contribution in [0.4, 0.5) is 5.69 Å². The van der Waals surface area contributed by atoms with Gasteiger partial charge in [-0.25, -0.2) is 0 Å². The highest BCUT2D eigenvalue weighted by Gasteiger charge is 2.18. The van der Waals surface area contributed by atoms with Gasteiger partial charge in [-0.15, -0.1) is 11.8 Å². The topological polar surface area (TPSA) is 94.4 Å². The van der Waals surface area contributed by atoms with Gasteiger partial charge in [-0.1, -0.05) is 18.2 Å². The van der Waals surface area contributed by atoms with Crippen molar-refractivity contribution in [2.24, 2.45) is 0 Å². The summed E-state index contributed by atoms with van der Waals surface area (Å²) in [6.45, 7) is 2.19. The summed E-state index contributed by atoms with van der Waals surface area (Å²) in [6.07, 6.45) is 3.47. The molecule has 0 saturated heterocycles. The number of ether oxygens (including phenoxy) is 1. The molecule has 2 aromatic carbocycles. The van der Waals surface area contributed by atoms with E-state index in [-0.39, 0.29) is 23.2 Å². The first-order valence-corrected chi connectivity index (χ1v) is 10.5. The Kier molecular flexibility index (Phi) is 7.03. The van der Waals surface area contributed by atoms with Crippen LogP contribution in [0.5, 0.6) is 5.75 Å². The van der Waals surface area contributed by atoms with Crippen LogP contribution >= 0.6 is 11.8 Å². The number of benzene rings is 2. The number of pyridine rings is 1. The van der Waals surface area contributed by atoms with E-state index in [0.717, 1.165) is 11.3 Å². The molecule has 1 N–H and O–H groups in total. The SMILES string of the molecule is CSc1ccc(C(=O)NC(C)c2cccc(OCc3ccccn3)c2)cc1[N+](=O)[O-]. The van der Waals surface area contributed by atoms with Crippen LogP contribution in [0, 0.1) is 10.1 Å². The van der Waals surface area contributed by atoms with Crippen LogP contribution in [-0.4, -0.2) is 22.1 Å². The van der Waals surface area contributed by atoms with Crippen molar-refractivity contribution in [3.8, 4) is 5.75 Å². The lowest BCUT2D eigenvalue weighted by molar-refractivity contribution is -0.387. The van der Waals surface area contributed by atoms with E-state index in [2.05, 4.69) is 10.3 Å². The molecule has 3 aromatic rings. The standard InChI is InChI=1S/C22H21N3O4S/c1-15(24-22(26)17-9-10-21(30-2)20(13-17)25(27)28)16-6-5-8-19(12-16)29-14-18-7-3-4-11-23-18/h3-13,15H,14H2,1-2H3,(H,24,26). The predicted octanol–water partition coefficient (Wildman–Crippen LogP) is 4.78. The van der Waals surface area contributed by atoms with Gasteiger partial charge in [0.25, 0.3) is 11.6 Å². The third-order valence-electron chi connectivity index (χ3n) is 4.46. The monoisotopic (exact) mass is 423 g/mol. The minimum Gasteiger partial charge on any atom is -0.487 e. The Morgan fingerprint density at radius 3 is 2.73 bits per heavy atom. The van der Waals surface area contributed by atoms with Crippen LogP contribution in [0.2, 0.25) is 0 Å². The van der Waals surface area contributed by atoms with Gasteiger partial charge in [0, 0.05) is 17.8 Å². The molecular weight excluding hydrogens is 402 g/mol. The molecule has 0 aliphatic rings. The number of hydrogen-bond acceptors (Lipinski definition) is 6. The van der Waals surface area contributed by atoms with Crippen molar-refractivity contribution in [1.82, 2.24) is 10.3 Å². The van der Waals surface area contributed by atoms with E-state index in [0.29, 0.717) is 17.3 Å². The summed E-state index contributed by atoms with van der Waals surface area (Å²) in [5.74, 6) is 0.289. The maximum Gasteiger partial charge on any atom is 0.283 e. The van der Waals surface area contributed by atoms with Gasteiger partial charge < -0.3 is 10.1 Å². The van der Waals surface area contributed by atoms with Crippen molar-refractivity contribution >= 4 is 23.4 Å². The second-order valence-electron chi connectivity index (χ2n) is 6.52. The van der Waals surface area contributed by atoms with E-state index in [1.807, 2.05) is 49.4 Å². The highest BCUT2D eigenvalue weighted by atomic mass is 32.2. The summed E-state index contributed by atoms with van der Waals surface area (Å²) in [4.78, 5) is 28.1. The lowest BCUT2D eigenvalue weighted by Gasteiger charge is -2.16. The average Bonchev–Trinajstić information content (AvgIpc) is 2.78. The molecule has 1 atom stereocenters. The molecule has 154 valence electrons. The Bertz CT molecular complexity index is 1040. The Morgan fingerprint density at radius 1 is 1.20 bits per heavy atom. The molecule has 0 fully saturated rings. The average molecular weight is 423 g/mol. The lowest BCUT2D eigenvalue weighted by Crippen LogP contribution is -2.26. The van der Waals surface area contributed by atoms with Crippen molar-refractivity contribution in [2.75, 3.05) is 6.26 Å². The molecule has 0 saturated carbocycles. The zero-order valence-corrected chi connectivity index (χ0v) is 17.4. The fourth-order valence-corrected chi connectivity index (χ4v) is 3.40. The van der Waals surface area contributed by atoms with Crippen LogP contribution < -0.4 is 10.1 Å². The summed E-state index contributed by atoms with van der Waals surface area (Å²) in [5.41, 5.74) is 1.85. The largest absolute Gasteiger partial charge is 0.487 e. The van der Waals surface area contributed by atoms with Crippen LogP contribution in [0.25, 0.3) is 0 Å². The number of thioether (sulfide) groups is 1. The fourth-order valence-electron chi connectivity index (χ4n) is 2.85. The molecule has 3 rings (SSSR count). The molecule has 0 spiro atoms. The van der Waals surface area contributed by atoms with Crippen LogP contribution in [0.15, 0.2) is 71.8 Å². The van der Waals surface area contributed by atoms with Gasteiger partial charge in [0.1, 0.15) is 12.4 Å². The molecule has 1 heterocycles. The van der Waals surface area contributed by atoms with Crippen molar-refractivity contribution < 1.29 is 14.5 Å². The third-order valence-corrected chi connectivity index (χ3v) is 5.24. The van der Waals surface area contributed by atoms with Crippen LogP contribution in [0.1, 0.15) is 34.6 Å². The van der Waals surface area contributed by atoms with Gasteiger partial charge in [-0.05, 0) is 55.1 Å². The summed E-state index contributed by atoms with van der Waals surface area (Å²) >= 11 is 1.27. The van der Waals surface area contributed by atoms with Gasteiger partial charge in [0.05, 0.1) is 21.6 Å². The van der Waals surface area contributed by atoms with Gasteiger partial charge in [-0.3, -0.25) is 19.9 Å². The van der Waals surface area contributed by atoms with Gasteiger partial charge in [-0.2, -0.15) is 0 Å². The Morgan fingerprint density at radius 2 is 2.03 bits per heavy atom.